The molecule has 2 heteroatoms. The molecule has 0 bridgehead atoms. The van der Waals surface area contributed by atoms with Crippen molar-refractivity contribution in [1.29, 1.82) is 0 Å². The van der Waals surface area contributed by atoms with E-state index in [9.17, 15) is 5.11 Å². The SMILES string of the molecule is CCCNCC(C)(O)c1c(C)cc(C)cc1C. The molecule has 0 heterocycles. The molecule has 0 fully saturated rings. The molecule has 2 nitrogen and oxygen atoms in total. The molecule has 0 saturated carbocycles. The summed E-state index contributed by atoms with van der Waals surface area (Å²) in [5.74, 6) is 0. The maximum Gasteiger partial charge on any atom is 0.0997 e. The zero-order valence-electron chi connectivity index (χ0n) is 11.7. The van der Waals surface area contributed by atoms with Crippen molar-refractivity contribution in [3.8, 4) is 0 Å². The van der Waals surface area contributed by atoms with Crippen molar-refractivity contribution in [3.63, 3.8) is 0 Å². The second-order valence-corrected chi connectivity index (χ2v) is 5.22. The summed E-state index contributed by atoms with van der Waals surface area (Å²) < 4.78 is 0. The van der Waals surface area contributed by atoms with Crippen LogP contribution >= 0.6 is 0 Å². The maximum absolute atomic E-state index is 10.6. The summed E-state index contributed by atoms with van der Waals surface area (Å²) in [6.45, 7) is 11.8. The largest absolute Gasteiger partial charge is 0.384 e. The third-order valence-electron chi connectivity index (χ3n) is 3.11. The van der Waals surface area contributed by atoms with Crippen molar-refractivity contribution in [2.45, 2.75) is 46.6 Å². The lowest BCUT2D eigenvalue weighted by Crippen LogP contribution is -2.37. The van der Waals surface area contributed by atoms with E-state index >= 15 is 0 Å². The smallest absolute Gasteiger partial charge is 0.0997 e. The van der Waals surface area contributed by atoms with Gasteiger partial charge in [-0.2, -0.15) is 0 Å². The van der Waals surface area contributed by atoms with Crippen LogP contribution < -0.4 is 5.32 Å². The molecule has 1 aromatic carbocycles. The van der Waals surface area contributed by atoms with Gasteiger partial charge in [0.15, 0.2) is 0 Å². The van der Waals surface area contributed by atoms with E-state index in [4.69, 9.17) is 0 Å². The first kappa shape index (κ1) is 14.2. The Bertz CT molecular complexity index is 360. The van der Waals surface area contributed by atoms with Crippen LogP contribution in [0.5, 0.6) is 0 Å². The first-order valence-corrected chi connectivity index (χ1v) is 6.40. The van der Waals surface area contributed by atoms with Crippen LogP contribution in [0, 0.1) is 20.8 Å². The average molecular weight is 235 g/mol. The maximum atomic E-state index is 10.6. The molecule has 0 amide bonds. The van der Waals surface area contributed by atoms with Gasteiger partial charge in [0, 0.05) is 6.54 Å². The van der Waals surface area contributed by atoms with Gasteiger partial charge in [0.1, 0.15) is 0 Å². The van der Waals surface area contributed by atoms with Crippen LogP contribution in [0.15, 0.2) is 12.1 Å². The normalized spacial score (nSPS) is 14.7. The highest BCUT2D eigenvalue weighted by molar-refractivity contribution is 5.41. The molecule has 0 spiro atoms. The second kappa shape index (κ2) is 5.65. The van der Waals surface area contributed by atoms with Crippen LogP contribution in [0.25, 0.3) is 0 Å². The Morgan fingerprint density at radius 1 is 1.18 bits per heavy atom. The summed E-state index contributed by atoms with van der Waals surface area (Å²) >= 11 is 0. The minimum absolute atomic E-state index is 0.603. The molecule has 1 aromatic rings. The lowest BCUT2D eigenvalue weighted by atomic mass is 9.87. The second-order valence-electron chi connectivity index (χ2n) is 5.22. The van der Waals surface area contributed by atoms with E-state index in [2.05, 4.69) is 45.1 Å². The zero-order chi connectivity index (χ0) is 13.1. The van der Waals surface area contributed by atoms with E-state index in [1.807, 2.05) is 6.92 Å². The highest BCUT2D eigenvalue weighted by Gasteiger charge is 2.26. The molecule has 2 N–H and O–H groups in total. The van der Waals surface area contributed by atoms with Gasteiger partial charge in [0.2, 0.25) is 0 Å². The lowest BCUT2D eigenvalue weighted by molar-refractivity contribution is 0.0559. The van der Waals surface area contributed by atoms with Gasteiger partial charge in [0.25, 0.3) is 0 Å². The Kier molecular flexibility index (Phi) is 4.72. The minimum atomic E-state index is -0.795. The molecule has 0 aliphatic heterocycles. The molecular formula is C15H25NO. The van der Waals surface area contributed by atoms with Crippen molar-refractivity contribution in [1.82, 2.24) is 5.32 Å². The van der Waals surface area contributed by atoms with E-state index in [-0.39, 0.29) is 0 Å². The summed E-state index contributed by atoms with van der Waals surface area (Å²) in [5.41, 5.74) is 3.86. The predicted octanol–water partition coefficient (Wildman–Crippen LogP) is 2.82. The van der Waals surface area contributed by atoms with E-state index in [0.717, 1.165) is 18.5 Å². The van der Waals surface area contributed by atoms with E-state index < -0.39 is 5.60 Å². The van der Waals surface area contributed by atoms with Gasteiger partial charge in [-0.3, -0.25) is 0 Å². The standard InChI is InChI=1S/C15H25NO/c1-6-7-16-10-15(5,17)14-12(3)8-11(2)9-13(14)4/h8-9,16-17H,6-7,10H2,1-5H3. The molecular weight excluding hydrogens is 210 g/mol. The molecule has 0 aliphatic carbocycles. The van der Waals surface area contributed by atoms with E-state index in [1.54, 1.807) is 0 Å². The van der Waals surface area contributed by atoms with Crippen LogP contribution in [0.3, 0.4) is 0 Å². The van der Waals surface area contributed by atoms with Gasteiger partial charge in [0.05, 0.1) is 5.60 Å². The van der Waals surface area contributed by atoms with Crippen LogP contribution in [0.1, 0.15) is 42.5 Å². The number of aryl methyl sites for hydroxylation is 3. The van der Waals surface area contributed by atoms with E-state index in [1.165, 1.54) is 16.7 Å². The Labute approximate surface area is 105 Å². The number of benzene rings is 1. The fourth-order valence-electron chi connectivity index (χ4n) is 2.63. The van der Waals surface area contributed by atoms with Gasteiger partial charge in [-0.05, 0) is 57.4 Å². The number of rotatable bonds is 5. The van der Waals surface area contributed by atoms with Gasteiger partial charge < -0.3 is 10.4 Å². The lowest BCUT2D eigenvalue weighted by Gasteiger charge is -2.28. The first-order valence-electron chi connectivity index (χ1n) is 6.40. The molecule has 1 unspecified atom stereocenters. The Balaban J connectivity index is 2.97. The average Bonchev–Trinajstić information content (AvgIpc) is 2.15. The predicted molar refractivity (Wildman–Crippen MR) is 73.4 cm³/mol. The Morgan fingerprint density at radius 2 is 1.71 bits per heavy atom. The number of aliphatic hydroxyl groups is 1. The summed E-state index contributed by atoms with van der Waals surface area (Å²) in [5, 5.41) is 13.9. The van der Waals surface area contributed by atoms with Crippen molar-refractivity contribution < 1.29 is 5.11 Å². The van der Waals surface area contributed by atoms with Gasteiger partial charge in [-0.25, -0.2) is 0 Å². The van der Waals surface area contributed by atoms with Crippen molar-refractivity contribution >= 4 is 0 Å². The highest BCUT2D eigenvalue weighted by atomic mass is 16.3. The van der Waals surface area contributed by atoms with Gasteiger partial charge in [-0.1, -0.05) is 24.6 Å². The molecule has 0 aliphatic rings. The van der Waals surface area contributed by atoms with Crippen LogP contribution in [0.4, 0.5) is 0 Å². The van der Waals surface area contributed by atoms with Gasteiger partial charge in [-0.15, -0.1) is 0 Å². The topological polar surface area (TPSA) is 32.3 Å². The molecule has 0 aromatic heterocycles. The van der Waals surface area contributed by atoms with Crippen molar-refractivity contribution in [2.24, 2.45) is 0 Å². The fourth-order valence-corrected chi connectivity index (χ4v) is 2.63. The molecule has 0 radical (unpaired) electrons. The Hall–Kier alpha value is -0.860. The van der Waals surface area contributed by atoms with Crippen LogP contribution in [0.2, 0.25) is 0 Å². The highest BCUT2D eigenvalue weighted by Crippen LogP contribution is 2.28. The molecule has 96 valence electrons. The summed E-state index contributed by atoms with van der Waals surface area (Å²) in [6, 6.07) is 4.27. The van der Waals surface area contributed by atoms with E-state index in [0.29, 0.717) is 6.54 Å². The molecule has 1 atom stereocenters. The third kappa shape index (κ3) is 3.55. The molecule has 17 heavy (non-hydrogen) atoms. The number of hydrogen-bond acceptors (Lipinski definition) is 2. The minimum Gasteiger partial charge on any atom is -0.384 e. The number of nitrogens with one attached hydrogen (secondary N) is 1. The van der Waals surface area contributed by atoms with Crippen LogP contribution in [-0.4, -0.2) is 18.2 Å². The van der Waals surface area contributed by atoms with Crippen molar-refractivity contribution in [2.75, 3.05) is 13.1 Å². The summed E-state index contributed by atoms with van der Waals surface area (Å²) in [6.07, 6.45) is 1.09. The monoisotopic (exact) mass is 235 g/mol. The van der Waals surface area contributed by atoms with Crippen molar-refractivity contribution in [3.05, 3.63) is 34.4 Å². The Morgan fingerprint density at radius 3 is 2.18 bits per heavy atom. The summed E-state index contributed by atoms with van der Waals surface area (Å²) in [4.78, 5) is 0. The molecule has 0 saturated heterocycles. The number of hydrogen-bond donors (Lipinski definition) is 2. The zero-order valence-corrected chi connectivity index (χ0v) is 11.7. The quantitative estimate of drug-likeness (QED) is 0.769. The first-order chi connectivity index (χ1) is 7.88. The molecule has 1 rings (SSSR count). The van der Waals surface area contributed by atoms with Gasteiger partial charge >= 0.3 is 0 Å². The van der Waals surface area contributed by atoms with Crippen LogP contribution in [-0.2, 0) is 5.60 Å². The summed E-state index contributed by atoms with van der Waals surface area (Å²) in [7, 11) is 0. The fraction of sp³-hybridized carbons (Fsp3) is 0.600. The third-order valence-corrected chi connectivity index (χ3v) is 3.11.